The van der Waals surface area contributed by atoms with Gasteiger partial charge in [-0.2, -0.15) is 0 Å². The molecule has 2 atom stereocenters. The summed E-state index contributed by atoms with van der Waals surface area (Å²) in [7, 11) is 1.66. The Hall–Kier alpha value is -2.82. The number of halogens is 1. The highest BCUT2D eigenvalue weighted by Gasteiger charge is 2.29. The van der Waals surface area contributed by atoms with Gasteiger partial charge in [0.25, 0.3) is 0 Å². The summed E-state index contributed by atoms with van der Waals surface area (Å²) in [5, 5.41) is 14.7. The van der Waals surface area contributed by atoms with Crippen LogP contribution in [0.2, 0.25) is 5.02 Å². The highest BCUT2D eigenvalue weighted by atomic mass is 35.5. The van der Waals surface area contributed by atoms with Crippen molar-refractivity contribution in [3.63, 3.8) is 0 Å². The van der Waals surface area contributed by atoms with Crippen molar-refractivity contribution in [1.82, 2.24) is 5.32 Å². The van der Waals surface area contributed by atoms with E-state index >= 15 is 0 Å². The van der Waals surface area contributed by atoms with Crippen molar-refractivity contribution >= 4 is 17.3 Å². The maximum absolute atomic E-state index is 10.5. The van der Waals surface area contributed by atoms with E-state index in [0.717, 1.165) is 34.6 Å². The van der Waals surface area contributed by atoms with Gasteiger partial charge >= 0.3 is 0 Å². The summed E-state index contributed by atoms with van der Waals surface area (Å²) in [6, 6.07) is 21.4. The summed E-state index contributed by atoms with van der Waals surface area (Å²) in [6.07, 6.45) is 1.33. The zero-order chi connectivity index (χ0) is 21.1. The molecule has 0 radical (unpaired) electrons. The zero-order valence-corrected chi connectivity index (χ0v) is 17.9. The molecule has 0 spiro atoms. The number of hydrogen-bond donors (Lipinski definition) is 2. The van der Waals surface area contributed by atoms with Crippen molar-refractivity contribution in [3.8, 4) is 11.5 Å². The van der Waals surface area contributed by atoms with E-state index in [0.29, 0.717) is 11.4 Å². The molecule has 0 aliphatic carbocycles. The van der Waals surface area contributed by atoms with Crippen molar-refractivity contribution in [2.45, 2.75) is 32.0 Å². The molecule has 1 heterocycles. The Morgan fingerprint density at radius 3 is 2.57 bits per heavy atom. The number of aliphatic imine (C=N–C) groups is 1. The van der Waals surface area contributed by atoms with Crippen LogP contribution >= 0.6 is 11.6 Å². The molecule has 0 aromatic heterocycles. The monoisotopic (exact) mass is 420 g/mol. The molecule has 0 saturated heterocycles. The summed E-state index contributed by atoms with van der Waals surface area (Å²) in [5.74, 6) is 0.994. The number of aromatic hydroxyl groups is 1. The number of benzene rings is 3. The number of phenolic OH excluding ortho intramolecular Hbond substituents is 1. The Morgan fingerprint density at radius 1 is 1.07 bits per heavy atom. The molecule has 0 amide bonds. The lowest BCUT2D eigenvalue weighted by molar-refractivity contribution is 0.381. The number of para-hydroxylation sites is 1. The first-order valence-electron chi connectivity index (χ1n) is 10.1. The largest absolute Gasteiger partial charge is 0.508 e. The second-order valence-corrected chi connectivity index (χ2v) is 7.83. The van der Waals surface area contributed by atoms with Crippen LogP contribution in [-0.2, 0) is 6.42 Å². The number of phenols is 1. The molecule has 1 aliphatic rings. The van der Waals surface area contributed by atoms with Gasteiger partial charge in [-0.15, -0.1) is 0 Å². The van der Waals surface area contributed by atoms with Gasteiger partial charge in [0.1, 0.15) is 17.7 Å². The first-order chi connectivity index (χ1) is 14.6. The average molecular weight is 421 g/mol. The van der Waals surface area contributed by atoms with Crippen LogP contribution in [0.3, 0.4) is 0 Å². The van der Waals surface area contributed by atoms with Crippen molar-refractivity contribution in [2.75, 3.05) is 7.11 Å². The van der Waals surface area contributed by atoms with E-state index in [1.165, 1.54) is 5.56 Å². The molecule has 5 heteroatoms. The number of aryl methyl sites for hydroxylation is 1. The van der Waals surface area contributed by atoms with Crippen LogP contribution in [0.4, 0.5) is 0 Å². The Bertz CT molecular complexity index is 1060. The third-order valence-corrected chi connectivity index (χ3v) is 5.77. The summed E-state index contributed by atoms with van der Waals surface area (Å²) < 4.78 is 5.57. The first-order valence-corrected chi connectivity index (χ1v) is 10.5. The Balaban J connectivity index is 1.78. The molecule has 154 valence electrons. The standard InChI is InChI=1S/C25H25ClN2O2/c1-3-16-8-10-17(11-9-16)21-15-22(20-14-18(26)12-13-23(20)29)28-25(27-21)19-6-4-5-7-24(19)30-2/h4-14,22,25,28-29H,3,15H2,1-2H3. The second kappa shape index (κ2) is 8.90. The molecule has 2 N–H and O–H groups in total. The number of nitrogens with one attached hydrogen (secondary N) is 1. The molecule has 2 unspecified atom stereocenters. The smallest absolute Gasteiger partial charge is 0.129 e. The molecule has 4 rings (SSSR count). The highest BCUT2D eigenvalue weighted by Crippen LogP contribution is 2.37. The molecule has 0 bridgehead atoms. The highest BCUT2D eigenvalue weighted by molar-refractivity contribution is 6.30. The van der Waals surface area contributed by atoms with Gasteiger partial charge in [0.05, 0.1) is 7.11 Å². The molecular weight excluding hydrogens is 396 g/mol. The molecular formula is C25H25ClN2O2. The minimum atomic E-state index is -0.306. The van der Waals surface area contributed by atoms with Crippen LogP contribution in [-0.4, -0.2) is 17.9 Å². The lowest BCUT2D eigenvalue weighted by Gasteiger charge is -2.31. The minimum absolute atomic E-state index is 0.142. The Labute approximate surface area is 182 Å². The lowest BCUT2D eigenvalue weighted by atomic mass is 9.93. The summed E-state index contributed by atoms with van der Waals surface area (Å²) >= 11 is 6.23. The summed E-state index contributed by atoms with van der Waals surface area (Å²) in [5.41, 5.74) is 5.07. The first kappa shape index (κ1) is 20.5. The van der Waals surface area contributed by atoms with Gasteiger partial charge in [0, 0.05) is 34.3 Å². The van der Waals surface area contributed by atoms with Gasteiger partial charge < -0.3 is 9.84 Å². The third kappa shape index (κ3) is 4.20. The maximum atomic E-state index is 10.5. The van der Waals surface area contributed by atoms with Crippen molar-refractivity contribution in [2.24, 2.45) is 4.99 Å². The molecule has 1 aliphatic heterocycles. The summed E-state index contributed by atoms with van der Waals surface area (Å²) in [4.78, 5) is 5.03. The van der Waals surface area contributed by atoms with E-state index in [-0.39, 0.29) is 18.0 Å². The molecule has 0 fully saturated rings. The number of rotatable bonds is 5. The van der Waals surface area contributed by atoms with Gasteiger partial charge in [-0.1, -0.05) is 61.0 Å². The van der Waals surface area contributed by atoms with Crippen molar-refractivity contribution in [3.05, 3.63) is 94.0 Å². The topological polar surface area (TPSA) is 53.8 Å². The van der Waals surface area contributed by atoms with E-state index in [1.807, 2.05) is 30.3 Å². The van der Waals surface area contributed by atoms with Gasteiger partial charge in [-0.3, -0.25) is 10.3 Å². The molecule has 3 aromatic carbocycles. The van der Waals surface area contributed by atoms with Crippen molar-refractivity contribution in [1.29, 1.82) is 0 Å². The molecule has 4 nitrogen and oxygen atoms in total. The average Bonchev–Trinajstić information content (AvgIpc) is 2.80. The van der Waals surface area contributed by atoms with Crippen molar-refractivity contribution < 1.29 is 9.84 Å². The lowest BCUT2D eigenvalue weighted by Crippen LogP contribution is -2.33. The van der Waals surface area contributed by atoms with Crippen LogP contribution in [0.1, 0.15) is 47.8 Å². The number of hydrogen-bond acceptors (Lipinski definition) is 4. The zero-order valence-electron chi connectivity index (χ0n) is 17.1. The van der Waals surface area contributed by atoms with E-state index < -0.39 is 0 Å². The fourth-order valence-electron chi connectivity index (χ4n) is 3.87. The van der Waals surface area contributed by atoms with E-state index in [1.54, 1.807) is 19.2 Å². The molecule has 0 saturated carbocycles. The van der Waals surface area contributed by atoms with Crippen LogP contribution in [0.25, 0.3) is 0 Å². The van der Waals surface area contributed by atoms with Gasteiger partial charge in [0.2, 0.25) is 0 Å². The molecule has 30 heavy (non-hydrogen) atoms. The fourth-order valence-corrected chi connectivity index (χ4v) is 4.05. The predicted molar refractivity (Wildman–Crippen MR) is 122 cm³/mol. The van der Waals surface area contributed by atoms with E-state index in [9.17, 15) is 5.11 Å². The quantitative estimate of drug-likeness (QED) is 0.545. The third-order valence-electron chi connectivity index (χ3n) is 5.54. The summed E-state index contributed by atoms with van der Waals surface area (Å²) in [6.45, 7) is 2.15. The predicted octanol–water partition coefficient (Wildman–Crippen LogP) is 5.84. The van der Waals surface area contributed by atoms with Gasteiger partial charge in [-0.25, -0.2) is 0 Å². The van der Waals surface area contributed by atoms with E-state index in [4.69, 9.17) is 21.3 Å². The van der Waals surface area contributed by atoms with Crippen LogP contribution in [0.15, 0.2) is 71.7 Å². The maximum Gasteiger partial charge on any atom is 0.129 e. The van der Waals surface area contributed by atoms with E-state index in [2.05, 4.69) is 36.5 Å². The fraction of sp³-hybridized carbons (Fsp3) is 0.240. The van der Waals surface area contributed by atoms with Crippen LogP contribution < -0.4 is 10.1 Å². The minimum Gasteiger partial charge on any atom is -0.508 e. The molecule has 3 aromatic rings. The van der Waals surface area contributed by atoms with Crippen LogP contribution in [0.5, 0.6) is 11.5 Å². The Morgan fingerprint density at radius 2 is 1.83 bits per heavy atom. The Kier molecular flexibility index (Phi) is 6.07. The van der Waals surface area contributed by atoms with Gasteiger partial charge in [-0.05, 0) is 41.8 Å². The normalized spacial score (nSPS) is 18.7. The van der Waals surface area contributed by atoms with Crippen LogP contribution in [0, 0.1) is 0 Å². The number of nitrogens with zero attached hydrogens (tertiary/aromatic N) is 1. The SMILES string of the molecule is CCc1ccc(C2=NC(c3ccccc3OC)NC(c3cc(Cl)ccc3O)C2)cc1. The number of ether oxygens (including phenoxy) is 1. The van der Waals surface area contributed by atoms with Gasteiger partial charge in [0.15, 0.2) is 0 Å². The number of methoxy groups -OCH3 is 1. The second-order valence-electron chi connectivity index (χ2n) is 7.40.